The summed E-state index contributed by atoms with van der Waals surface area (Å²) in [5.74, 6) is 1.31. The lowest BCUT2D eigenvalue weighted by molar-refractivity contribution is 0.227. The molecule has 0 amide bonds. The van der Waals surface area contributed by atoms with Crippen molar-refractivity contribution in [2.24, 2.45) is 5.92 Å². The monoisotopic (exact) mass is 469 g/mol. The quantitative estimate of drug-likeness (QED) is 0.434. The Morgan fingerprint density at radius 1 is 0.971 bits per heavy atom. The van der Waals surface area contributed by atoms with Gasteiger partial charge >= 0.3 is 0 Å². The van der Waals surface area contributed by atoms with Gasteiger partial charge in [0.2, 0.25) is 0 Å². The molecule has 1 aliphatic rings. The maximum Gasteiger partial charge on any atom is 0.173 e. The minimum atomic E-state index is 0.253. The summed E-state index contributed by atoms with van der Waals surface area (Å²) in [5.41, 5.74) is 3.80. The largest absolute Gasteiger partial charge is 0.351 e. The van der Waals surface area contributed by atoms with E-state index in [4.69, 9.17) is 12.2 Å². The van der Waals surface area contributed by atoms with Crippen LogP contribution in [-0.2, 0) is 0 Å². The maximum atomic E-state index is 5.88. The lowest BCUT2D eigenvalue weighted by atomic mass is 10.00. The molecule has 172 valence electrons. The van der Waals surface area contributed by atoms with Gasteiger partial charge in [-0.2, -0.15) is 0 Å². The van der Waals surface area contributed by atoms with Gasteiger partial charge in [-0.05, 0) is 66.7 Å². The van der Waals surface area contributed by atoms with Crippen LogP contribution in [0.2, 0.25) is 0 Å². The first-order valence-electron chi connectivity index (χ1n) is 11.5. The molecule has 1 fully saturated rings. The van der Waals surface area contributed by atoms with E-state index in [1.807, 2.05) is 42.6 Å². The highest BCUT2D eigenvalue weighted by Gasteiger charge is 2.31. The average molecular weight is 470 g/mol. The smallest absolute Gasteiger partial charge is 0.173 e. The zero-order valence-electron chi connectivity index (χ0n) is 19.3. The van der Waals surface area contributed by atoms with Gasteiger partial charge in [-0.1, -0.05) is 19.9 Å². The van der Waals surface area contributed by atoms with Gasteiger partial charge in [0.1, 0.15) is 0 Å². The summed E-state index contributed by atoms with van der Waals surface area (Å²) in [4.78, 5) is 13.1. The first kappa shape index (κ1) is 22.2. The van der Waals surface area contributed by atoms with Crippen LogP contribution in [0.4, 0.5) is 11.5 Å². The number of aromatic nitrogens is 4. The van der Waals surface area contributed by atoms with Crippen molar-refractivity contribution in [3.05, 3.63) is 73.2 Å². The summed E-state index contributed by atoms with van der Waals surface area (Å²) in [6.07, 6.45) is 5.34. The normalized spacial score (nSPS) is 16.1. The highest BCUT2D eigenvalue weighted by Crippen LogP contribution is 2.26. The molecule has 0 aliphatic carbocycles. The van der Waals surface area contributed by atoms with Crippen LogP contribution in [0.15, 0.2) is 73.2 Å². The maximum absolute atomic E-state index is 5.88. The van der Waals surface area contributed by atoms with Crippen LogP contribution in [0, 0.1) is 5.92 Å². The van der Waals surface area contributed by atoms with Crippen molar-refractivity contribution in [3.63, 3.8) is 0 Å². The fourth-order valence-electron chi connectivity index (χ4n) is 4.41. The number of pyridine rings is 2. The SMILES string of the molecule is CC(C)C1CN(c2ccc(-c3ccncc3)nn2)CCN1C(=S)Nc1cccc2ncccc12. The molecule has 5 rings (SSSR count). The molecule has 1 aromatic carbocycles. The molecule has 4 heterocycles. The van der Waals surface area contributed by atoms with Gasteiger partial charge < -0.3 is 15.1 Å². The molecule has 1 unspecified atom stereocenters. The average Bonchev–Trinajstić information content (AvgIpc) is 2.89. The molecule has 3 aromatic heterocycles. The van der Waals surface area contributed by atoms with Crippen molar-refractivity contribution in [2.75, 3.05) is 29.9 Å². The number of fused-ring (bicyclic) bond motifs is 1. The van der Waals surface area contributed by atoms with Crippen molar-refractivity contribution in [2.45, 2.75) is 19.9 Å². The summed E-state index contributed by atoms with van der Waals surface area (Å²) in [6.45, 7) is 6.95. The molecule has 7 nitrogen and oxygen atoms in total. The molecule has 1 atom stereocenters. The van der Waals surface area contributed by atoms with Gasteiger partial charge in [0, 0.05) is 54.9 Å². The molecule has 4 aromatic rings. The Labute approximate surface area is 204 Å². The third-order valence-corrected chi connectivity index (χ3v) is 6.62. The third-order valence-electron chi connectivity index (χ3n) is 6.29. The van der Waals surface area contributed by atoms with E-state index in [2.05, 4.69) is 67.3 Å². The van der Waals surface area contributed by atoms with Crippen molar-refractivity contribution < 1.29 is 0 Å². The zero-order valence-corrected chi connectivity index (χ0v) is 20.1. The Kier molecular flexibility index (Phi) is 6.31. The number of nitrogens with zero attached hydrogens (tertiary/aromatic N) is 6. The molecular weight excluding hydrogens is 442 g/mol. The number of benzene rings is 1. The molecule has 0 spiro atoms. The Balaban J connectivity index is 1.31. The van der Waals surface area contributed by atoms with Crippen molar-refractivity contribution >= 4 is 39.7 Å². The summed E-state index contributed by atoms with van der Waals surface area (Å²) < 4.78 is 0. The third kappa shape index (κ3) is 4.54. The fraction of sp³-hybridized carbons (Fsp3) is 0.269. The second-order valence-electron chi connectivity index (χ2n) is 8.77. The molecule has 34 heavy (non-hydrogen) atoms. The summed E-state index contributed by atoms with van der Waals surface area (Å²) in [6, 6.07) is 18.3. The van der Waals surface area contributed by atoms with E-state index in [1.54, 1.807) is 12.4 Å². The number of nitrogens with one attached hydrogen (secondary N) is 1. The minimum Gasteiger partial charge on any atom is -0.351 e. The highest BCUT2D eigenvalue weighted by molar-refractivity contribution is 7.80. The number of thiocarbonyl (C=S) groups is 1. The van der Waals surface area contributed by atoms with E-state index in [9.17, 15) is 0 Å². The predicted molar refractivity (Wildman–Crippen MR) is 141 cm³/mol. The molecule has 0 saturated carbocycles. The summed E-state index contributed by atoms with van der Waals surface area (Å²) in [7, 11) is 0. The van der Waals surface area contributed by atoms with Crippen LogP contribution < -0.4 is 10.2 Å². The van der Waals surface area contributed by atoms with Gasteiger partial charge in [0.05, 0.1) is 17.3 Å². The minimum absolute atomic E-state index is 0.253. The van der Waals surface area contributed by atoms with Crippen molar-refractivity contribution in [1.29, 1.82) is 0 Å². The first-order chi connectivity index (χ1) is 16.6. The van der Waals surface area contributed by atoms with Gasteiger partial charge in [-0.15, -0.1) is 10.2 Å². The molecular formula is C26H27N7S. The Bertz CT molecular complexity index is 1270. The van der Waals surface area contributed by atoms with Crippen LogP contribution in [0.1, 0.15) is 13.8 Å². The fourth-order valence-corrected chi connectivity index (χ4v) is 4.75. The van der Waals surface area contributed by atoms with Crippen LogP contribution in [-0.4, -0.2) is 55.9 Å². The molecule has 0 bridgehead atoms. The lowest BCUT2D eigenvalue weighted by Gasteiger charge is -2.45. The molecule has 1 saturated heterocycles. The summed E-state index contributed by atoms with van der Waals surface area (Å²) in [5, 5.41) is 14.3. The number of anilines is 2. The van der Waals surface area contributed by atoms with Gasteiger partial charge in [-0.3, -0.25) is 9.97 Å². The van der Waals surface area contributed by atoms with Gasteiger partial charge in [-0.25, -0.2) is 0 Å². The van der Waals surface area contributed by atoms with Crippen LogP contribution in [0.25, 0.3) is 22.2 Å². The second kappa shape index (κ2) is 9.69. The number of piperazine rings is 1. The van der Waals surface area contributed by atoms with E-state index in [-0.39, 0.29) is 6.04 Å². The van der Waals surface area contributed by atoms with E-state index in [1.165, 1.54) is 0 Å². The lowest BCUT2D eigenvalue weighted by Crippen LogP contribution is -2.58. The molecule has 1 N–H and O–H groups in total. The standard InChI is InChI=1S/C26H27N7S/c1-18(2)24-17-32(25-9-8-21(30-31-25)19-10-13-27-14-11-19)15-16-33(24)26(34)29-23-7-3-6-22-20(23)5-4-12-28-22/h3-14,18,24H,15-17H2,1-2H3,(H,29,34). The number of rotatable bonds is 4. The topological polar surface area (TPSA) is 70.1 Å². The van der Waals surface area contributed by atoms with Crippen molar-refractivity contribution in [3.8, 4) is 11.3 Å². The number of hydrogen-bond donors (Lipinski definition) is 1. The second-order valence-corrected chi connectivity index (χ2v) is 9.16. The zero-order chi connectivity index (χ0) is 23.5. The van der Waals surface area contributed by atoms with E-state index < -0.39 is 0 Å². The first-order valence-corrected chi connectivity index (χ1v) is 11.9. The van der Waals surface area contributed by atoms with Crippen LogP contribution in [0.3, 0.4) is 0 Å². The predicted octanol–water partition coefficient (Wildman–Crippen LogP) is 4.63. The van der Waals surface area contributed by atoms with Crippen molar-refractivity contribution in [1.82, 2.24) is 25.1 Å². The van der Waals surface area contributed by atoms with Crippen LogP contribution in [0.5, 0.6) is 0 Å². The van der Waals surface area contributed by atoms with Gasteiger partial charge in [0.25, 0.3) is 0 Å². The molecule has 1 aliphatic heterocycles. The van der Waals surface area contributed by atoms with E-state index in [0.29, 0.717) is 5.92 Å². The van der Waals surface area contributed by atoms with E-state index in [0.717, 1.165) is 58.4 Å². The van der Waals surface area contributed by atoms with Gasteiger partial charge in [0.15, 0.2) is 10.9 Å². The Morgan fingerprint density at radius 2 is 1.82 bits per heavy atom. The summed E-state index contributed by atoms with van der Waals surface area (Å²) >= 11 is 5.88. The van der Waals surface area contributed by atoms with E-state index >= 15 is 0 Å². The highest BCUT2D eigenvalue weighted by atomic mass is 32.1. The molecule has 0 radical (unpaired) electrons. The Morgan fingerprint density at radius 3 is 2.59 bits per heavy atom. The van der Waals surface area contributed by atoms with Crippen LogP contribution >= 0.6 is 12.2 Å². The molecule has 8 heteroatoms. The Hall–Kier alpha value is -3.65. The number of hydrogen-bond acceptors (Lipinski definition) is 6.